The molecule has 2 rings (SSSR count). The fourth-order valence-electron chi connectivity index (χ4n) is 1.07. The van der Waals surface area contributed by atoms with Crippen molar-refractivity contribution in [3.05, 3.63) is 24.2 Å². The van der Waals surface area contributed by atoms with E-state index < -0.39 is 0 Å². The van der Waals surface area contributed by atoms with Crippen LogP contribution in [0.3, 0.4) is 0 Å². The molecule has 0 saturated heterocycles. The molecule has 0 fully saturated rings. The van der Waals surface area contributed by atoms with Crippen LogP contribution in [0.4, 0.5) is 5.69 Å². The zero-order chi connectivity index (χ0) is 10.8. The summed E-state index contributed by atoms with van der Waals surface area (Å²) in [6, 6.07) is 1.94. The second-order valence-electron chi connectivity index (χ2n) is 3.15. The highest BCUT2D eigenvalue weighted by Crippen LogP contribution is 2.25. The van der Waals surface area contributed by atoms with Crippen LogP contribution in [0.5, 0.6) is 0 Å². The molecular formula is C9H11N5S. The summed E-state index contributed by atoms with van der Waals surface area (Å²) in [7, 11) is 1.85. The zero-order valence-electron chi connectivity index (χ0n) is 8.51. The summed E-state index contributed by atoms with van der Waals surface area (Å²) in [6.07, 6.45) is 3.18. The maximum atomic E-state index is 5.69. The van der Waals surface area contributed by atoms with Gasteiger partial charge in [-0.15, -0.1) is 0 Å². The van der Waals surface area contributed by atoms with Crippen molar-refractivity contribution in [3.8, 4) is 0 Å². The van der Waals surface area contributed by atoms with Gasteiger partial charge >= 0.3 is 0 Å². The van der Waals surface area contributed by atoms with E-state index in [2.05, 4.69) is 15.1 Å². The van der Waals surface area contributed by atoms with E-state index in [1.807, 2.05) is 20.0 Å². The molecule has 2 aromatic rings. The van der Waals surface area contributed by atoms with Gasteiger partial charge in [0.2, 0.25) is 0 Å². The number of nitrogens with two attached hydrogens (primary N) is 1. The van der Waals surface area contributed by atoms with E-state index in [0.29, 0.717) is 5.69 Å². The fraction of sp³-hybridized carbons (Fsp3) is 0.222. The maximum absolute atomic E-state index is 5.69. The van der Waals surface area contributed by atoms with Crippen LogP contribution < -0.4 is 5.73 Å². The monoisotopic (exact) mass is 221 g/mol. The van der Waals surface area contributed by atoms with E-state index >= 15 is 0 Å². The van der Waals surface area contributed by atoms with E-state index in [1.54, 1.807) is 10.9 Å². The number of pyridine rings is 1. The third-order valence-electron chi connectivity index (χ3n) is 1.99. The molecular weight excluding hydrogens is 210 g/mol. The predicted octanol–water partition coefficient (Wildman–Crippen LogP) is 1.25. The number of nitrogen functional groups attached to an aromatic ring is 1. The van der Waals surface area contributed by atoms with Gasteiger partial charge in [0.05, 0.1) is 11.9 Å². The van der Waals surface area contributed by atoms with Crippen LogP contribution in [0.1, 0.15) is 5.56 Å². The van der Waals surface area contributed by atoms with Crippen LogP contribution in [-0.4, -0.2) is 19.7 Å². The Balaban J connectivity index is 2.25. The lowest BCUT2D eigenvalue weighted by Crippen LogP contribution is -1.95. The highest BCUT2D eigenvalue weighted by atomic mass is 32.2. The molecule has 2 heterocycles. The van der Waals surface area contributed by atoms with Crippen molar-refractivity contribution < 1.29 is 0 Å². The summed E-state index contributed by atoms with van der Waals surface area (Å²) in [5, 5.41) is 5.67. The average Bonchev–Trinajstić information content (AvgIpc) is 2.59. The maximum Gasteiger partial charge on any atom is 0.192 e. The topological polar surface area (TPSA) is 69.6 Å². The lowest BCUT2D eigenvalue weighted by molar-refractivity contribution is 0.684. The molecule has 15 heavy (non-hydrogen) atoms. The first kappa shape index (κ1) is 9.97. The van der Waals surface area contributed by atoms with Gasteiger partial charge < -0.3 is 5.73 Å². The van der Waals surface area contributed by atoms with E-state index in [0.717, 1.165) is 15.7 Å². The largest absolute Gasteiger partial charge is 0.397 e. The number of rotatable bonds is 2. The second-order valence-corrected chi connectivity index (χ2v) is 4.13. The van der Waals surface area contributed by atoms with Crippen molar-refractivity contribution in [2.24, 2.45) is 7.05 Å². The lowest BCUT2D eigenvalue weighted by atomic mass is 10.3. The Morgan fingerprint density at radius 3 is 2.80 bits per heavy atom. The summed E-state index contributed by atoms with van der Waals surface area (Å²) >= 11 is 1.47. The van der Waals surface area contributed by atoms with Crippen LogP contribution >= 0.6 is 11.8 Å². The van der Waals surface area contributed by atoms with Gasteiger partial charge in [0.1, 0.15) is 11.4 Å². The van der Waals surface area contributed by atoms with Crippen molar-refractivity contribution >= 4 is 17.4 Å². The van der Waals surface area contributed by atoms with Gasteiger partial charge in [-0.1, -0.05) is 0 Å². The van der Waals surface area contributed by atoms with Crippen molar-refractivity contribution in [1.82, 2.24) is 19.7 Å². The molecule has 0 aliphatic carbocycles. The van der Waals surface area contributed by atoms with Gasteiger partial charge in [0.25, 0.3) is 0 Å². The molecule has 2 aromatic heterocycles. The van der Waals surface area contributed by atoms with Crippen molar-refractivity contribution in [2.75, 3.05) is 5.73 Å². The Kier molecular flexibility index (Phi) is 2.59. The third-order valence-corrected chi connectivity index (χ3v) is 2.98. The molecule has 0 aliphatic heterocycles. The van der Waals surface area contributed by atoms with Crippen LogP contribution in [0.25, 0.3) is 0 Å². The van der Waals surface area contributed by atoms with Crippen LogP contribution in [0, 0.1) is 6.92 Å². The van der Waals surface area contributed by atoms with Gasteiger partial charge in [-0.25, -0.2) is 14.6 Å². The highest BCUT2D eigenvalue weighted by molar-refractivity contribution is 7.99. The minimum absolute atomic E-state index is 0.706. The van der Waals surface area contributed by atoms with Crippen LogP contribution in [0.15, 0.2) is 28.8 Å². The lowest BCUT2D eigenvalue weighted by Gasteiger charge is -2.02. The fourth-order valence-corrected chi connectivity index (χ4v) is 1.88. The molecule has 78 valence electrons. The molecule has 0 bridgehead atoms. The SMILES string of the molecule is Cc1cc(Sc2ncnn2C)ncc1N. The number of hydrogen-bond donors (Lipinski definition) is 1. The molecule has 0 aromatic carbocycles. The molecule has 0 atom stereocenters. The highest BCUT2D eigenvalue weighted by Gasteiger charge is 2.05. The van der Waals surface area contributed by atoms with E-state index in [4.69, 9.17) is 5.73 Å². The van der Waals surface area contributed by atoms with Gasteiger partial charge in [0, 0.05) is 7.05 Å². The molecule has 0 radical (unpaired) electrons. The first-order valence-corrected chi connectivity index (χ1v) is 5.22. The molecule has 5 nitrogen and oxygen atoms in total. The van der Waals surface area contributed by atoms with E-state index in [1.165, 1.54) is 18.1 Å². The predicted molar refractivity (Wildman–Crippen MR) is 58.5 cm³/mol. The summed E-state index contributed by atoms with van der Waals surface area (Å²) < 4.78 is 1.71. The first-order valence-electron chi connectivity index (χ1n) is 4.41. The number of hydrogen-bond acceptors (Lipinski definition) is 5. The Hall–Kier alpha value is -1.56. The molecule has 0 saturated carbocycles. The molecule has 2 N–H and O–H groups in total. The van der Waals surface area contributed by atoms with Crippen molar-refractivity contribution in [2.45, 2.75) is 17.1 Å². The number of aryl methyl sites for hydroxylation is 2. The van der Waals surface area contributed by atoms with Crippen molar-refractivity contribution in [1.29, 1.82) is 0 Å². The third kappa shape index (κ3) is 2.10. The molecule has 0 unspecified atom stereocenters. The quantitative estimate of drug-likeness (QED) is 0.826. The first-order chi connectivity index (χ1) is 7.16. The number of aromatic nitrogens is 4. The van der Waals surface area contributed by atoms with Gasteiger partial charge in [-0.2, -0.15) is 5.10 Å². The molecule has 0 amide bonds. The standard InChI is InChI=1S/C9H11N5S/c1-6-3-8(11-4-7(6)10)15-9-12-5-13-14(9)2/h3-5H,10H2,1-2H3. The molecule has 0 aliphatic rings. The summed E-state index contributed by atoms with van der Waals surface area (Å²) in [5.74, 6) is 0. The minimum Gasteiger partial charge on any atom is -0.397 e. The normalized spacial score (nSPS) is 10.5. The number of nitrogens with zero attached hydrogens (tertiary/aromatic N) is 4. The average molecular weight is 221 g/mol. The zero-order valence-corrected chi connectivity index (χ0v) is 9.32. The summed E-state index contributed by atoms with van der Waals surface area (Å²) in [4.78, 5) is 8.32. The Labute approximate surface area is 91.7 Å². The summed E-state index contributed by atoms with van der Waals surface area (Å²) in [6.45, 7) is 1.96. The van der Waals surface area contributed by atoms with Gasteiger partial charge in [-0.3, -0.25) is 0 Å². The molecule has 6 heteroatoms. The summed E-state index contributed by atoms with van der Waals surface area (Å²) in [5.41, 5.74) is 7.42. The van der Waals surface area contributed by atoms with Crippen LogP contribution in [0.2, 0.25) is 0 Å². The van der Waals surface area contributed by atoms with Gasteiger partial charge in [0.15, 0.2) is 5.16 Å². The molecule has 0 spiro atoms. The Morgan fingerprint density at radius 1 is 1.40 bits per heavy atom. The Bertz CT molecular complexity index is 479. The Morgan fingerprint density at radius 2 is 2.20 bits per heavy atom. The number of anilines is 1. The minimum atomic E-state index is 0.706. The van der Waals surface area contributed by atoms with Gasteiger partial charge in [-0.05, 0) is 30.3 Å². The van der Waals surface area contributed by atoms with E-state index in [9.17, 15) is 0 Å². The van der Waals surface area contributed by atoms with Crippen LogP contribution in [-0.2, 0) is 7.05 Å². The smallest absolute Gasteiger partial charge is 0.192 e. The van der Waals surface area contributed by atoms with Crippen molar-refractivity contribution in [3.63, 3.8) is 0 Å². The van der Waals surface area contributed by atoms with E-state index in [-0.39, 0.29) is 0 Å². The second kappa shape index (κ2) is 3.90.